The lowest BCUT2D eigenvalue weighted by atomic mass is 9.80. The van der Waals surface area contributed by atoms with Crippen LogP contribution in [0.3, 0.4) is 0 Å². The standard InChI is InChI=1S/C29H28N2O6/c1-27(2)36-23-24(37-27)35-22(28(23)25(32)30-26(33)31-28)18-34-29(19-12-6-3-7-13-19,20-14-8-4-9-15-20)21-16-10-5-11-17-21/h3-17,22-24H,18H2,1-2H3,(H2,30,31,32,33)/t22-,23+,24-,28-/m1/s1. The number of amides is 3. The zero-order valence-corrected chi connectivity index (χ0v) is 20.5. The third kappa shape index (κ3) is 3.76. The molecule has 3 amide bonds. The normalized spacial score (nSPS) is 28.2. The molecule has 0 unspecified atom stereocenters. The van der Waals surface area contributed by atoms with Crippen molar-refractivity contribution >= 4 is 11.9 Å². The van der Waals surface area contributed by atoms with Gasteiger partial charge in [0.05, 0.1) is 6.61 Å². The van der Waals surface area contributed by atoms with Crippen molar-refractivity contribution in [1.82, 2.24) is 10.6 Å². The molecule has 3 aromatic rings. The molecule has 0 aliphatic carbocycles. The Kier molecular flexibility index (Phi) is 5.65. The van der Waals surface area contributed by atoms with E-state index in [0.717, 1.165) is 16.7 Å². The van der Waals surface area contributed by atoms with Crippen molar-refractivity contribution in [1.29, 1.82) is 0 Å². The summed E-state index contributed by atoms with van der Waals surface area (Å²) in [5.41, 5.74) is 0.215. The summed E-state index contributed by atoms with van der Waals surface area (Å²) in [4.78, 5) is 25.6. The van der Waals surface area contributed by atoms with Crippen LogP contribution in [-0.4, -0.2) is 48.4 Å². The summed E-state index contributed by atoms with van der Waals surface area (Å²) in [6.07, 6.45) is -2.55. The van der Waals surface area contributed by atoms with E-state index >= 15 is 0 Å². The van der Waals surface area contributed by atoms with E-state index in [1.54, 1.807) is 13.8 Å². The summed E-state index contributed by atoms with van der Waals surface area (Å²) in [6, 6.07) is 29.1. The minimum absolute atomic E-state index is 0.0352. The van der Waals surface area contributed by atoms with Crippen molar-refractivity contribution in [3.05, 3.63) is 108 Å². The maximum Gasteiger partial charge on any atom is 0.322 e. The number of carbonyl (C=O) groups excluding carboxylic acids is 2. The topological polar surface area (TPSA) is 95.1 Å². The third-order valence-corrected chi connectivity index (χ3v) is 7.23. The van der Waals surface area contributed by atoms with Gasteiger partial charge in [-0.05, 0) is 30.5 Å². The van der Waals surface area contributed by atoms with Crippen LogP contribution in [0.1, 0.15) is 30.5 Å². The Morgan fingerprint density at radius 3 is 1.78 bits per heavy atom. The number of hydrogen-bond acceptors (Lipinski definition) is 6. The number of carbonyl (C=O) groups is 2. The first-order valence-electron chi connectivity index (χ1n) is 12.3. The molecule has 3 aromatic carbocycles. The van der Waals surface area contributed by atoms with Crippen LogP contribution < -0.4 is 10.6 Å². The molecule has 2 N–H and O–H groups in total. The lowest BCUT2D eigenvalue weighted by Crippen LogP contribution is -2.63. The summed E-state index contributed by atoms with van der Waals surface area (Å²) in [7, 11) is 0. The average Bonchev–Trinajstić information content (AvgIpc) is 3.48. The quantitative estimate of drug-likeness (QED) is 0.398. The Morgan fingerprint density at radius 2 is 1.32 bits per heavy atom. The van der Waals surface area contributed by atoms with Gasteiger partial charge in [0, 0.05) is 0 Å². The maximum atomic E-state index is 13.2. The highest BCUT2D eigenvalue weighted by atomic mass is 16.8. The molecule has 3 saturated heterocycles. The van der Waals surface area contributed by atoms with Crippen molar-refractivity contribution in [3.8, 4) is 0 Å². The SMILES string of the molecule is CC1(C)O[C@H]2O[C@H](COC(c3ccccc3)(c3ccccc3)c3ccccc3)[C@@]3(NC(=O)NC3=O)[C@H]2O1. The maximum absolute atomic E-state index is 13.2. The first kappa shape index (κ1) is 23.8. The predicted molar refractivity (Wildman–Crippen MR) is 133 cm³/mol. The number of nitrogens with one attached hydrogen (secondary N) is 2. The van der Waals surface area contributed by atoms with E-state index < -0.39 is 47.4 Å². The molecule has 0 saturated carbocycles. The van der Waals surface area contributed by atoms with Gasteiger partial charge in [-0.1, -0.05) is 91.0 Å². The van der Waals surface area contributed by atoms with Gasteiger partial charge in [0.25, 0.3) is 5.91 Å². The van der Waals surface area contributed by atoms with E-state index in [0.29, 0.717) is 0 Å². The van der Waals surface area contributed by atoms with E-state index in [4.69, 9.17) is 18.9 Å². The second-order valence-corrected chi connectivity index (χ2v) is 9.92. The fourth-order valence-corrected chi connectivity index (χ4v) is 5.64. The molecule has 0 aromatic heterocycles. The molecule has 3 heterocycles. The molecular formula is C29H28N2O6. The molecule has 3 aliphatic rings. The first-order chi connectivity index (χ1) is 17.8. The molecular weight excluding hydrogens is 472 g/mol. The van der Waals surface area contributed by atoms with E-state index in [1.165, 1.54) is 0 Å². The van der Waals surface area contributed by atoms with Gasteiger partial charge in [-0.2, -0.15) is 0 Å². The second kappa shape index (κ2) is 8.78. The molecule has 0 bridgehead atoms. The summed E-state index contributed by atoms with van der Waals surface area (Å²) >= 11 is 0. The minimum atomic E-state index is -1.49. The number of hydrogen-bond donors (Lipinski definition) is 2. The van der Waals surface area contributed by atoms with Crippen LogP contribution in [0, 0.1) is 0 Å². The van der Waals surface area contributed by atoms with Crippen LogP contribution in [0.4, 0.5) is 4.79 Å². The molecule has 3 aliphatic heterocycles. The van der Waals surface area contributed by atoms with Crippen LogP contribution in [0.5, 0.6) is 0 Å². The smallest absolute Gasteiger partial charge is 0.322 e. The lowest BCUT2D eigenvalue weighted by Gasteiger charge is -2.38. The first-order valence-corrected chi connectivity index (χ1v) is 12.3. The average molecular weight is 501 g/mol. The summed E-state index contributed by atoms with van der Waals surface area (Å²) in [5.74, 6) is -1.49. The second-order valence-electron chi connectivity index (χ2n) is 9.92. The van der Waals surface area contributed by atoms with Crippen LogP contribution in [-0.2, 0) is 29.3 Å². The number of imide groups is 1. The summed E-state index contributed by atoms with van der Waals surface area (Å²) in [5, 5.41) is 5.14. The molecule has 37 heavy (non-hydrogen) atoms. The monoisotopic (exact) mass is 500 g/mol. The minimum Gasteiger partial charge on any atom is -0.358 e. The summed E-state index contributed by atoms with van der Waals surface area (Å²) < 4.78 is 25.1. The zero-order chi connectivity index (χ0) is 25.7. The number of rotatable bonds is 6. The Morgan fingerprint density at radius 1 is 0.811 bits per heavy atom. The van der Waals surface area contributed by atoms with Crippen molar-refractivity contribution in [3.63, 3.8) is 0 Å². The third-order valence-electron chi connectivity index (χ3n) is 7.23. The van der Waals surface area contributed by atoms with E-state index in [2.05, 4.69) is 10.6 Å². The van der Waals surface area contributed by atoms with Crippen molar-refractivity contribution in [2.24, 2.45) is 0 Å². The molecule has 190 valence electrons. The fourth-order valence-electron chi connectivity index (χ4n) is 5.64. The van der Waals surface area contributed by atoms with Crippen LogP contribution >= 0.6 is 0 Å². The Labute approximate surface area is 214 Å². The zero-order valence-electron chi connectivity index (χ0n) is 20.5. The fraction of sp³-hybridized carbons (Fsp3) is 0.310. The predicted octanol–water partition coefficient (Wildman–Crippen LogP) is 3.45. The summed E-state index contributed by atoms with van der Waals surface area (Å²) in [6.45, 7) is 3.45. The molecule has 1 spiro atoms. The van der Waals surface area contributed by atoms with Gasteiger partial charge >= 0.3 is 6.03 Å². The van der Waals surface area contributed by atoms with Gasteiger partial charge in [0.2, 0.25) is 0 Å². The Bertz CT molecular complexity index is 1200. The van der Waals surface area contributed by atoms with Gasteiger partial charge < -0.3 is 24.3 Å². The van der Waals surface area contributed by atoms with Crippen LogP contribution in [0.2, 0.25) is 0 Å². The van der Waals surface area contributed by atoms with E-state index in [9.17, 15) is 9.59 Å². The van der Waals surface area contributed by atoms with Crippen molar-refractivity contribution in [2.75, 3.05) is 6.61 Å². The Hall–Kier alpha value is -3.56. The van der Waals surface area contributed by atoms with Gasteiger partial charge in [0.1, 0.15) is 17.8 Å². The molecule has 3 fully saturated rings. The van der Waals surface area contributed by atoms with Gasteiger partial charge in [-0.3, -0.25) is 10.1 Å². The van der Waals surface area contributed by atoms with Crippen molar-refractivity contribution < 1.29 is 28.5 Å². The number of urea groups is 1. The highest BCUT2D eigenvalue weighted by Gasteiger charge is 2.70. The molecule has 4 atom stereocenters. The highest BCUT2D eigenvalue weighted by molar-refractivity contribution is 6.08. The van der Waals surface area contributed by atoms with Crippen LogP contribution in [0.25, 0.3) is 0 Å². The largest absolute Gasteiger partial charge is 0.358 e. The Balaban J connectivity index is 1.44. The number of ether oxygens (including phenoxy) is 4. The van der Waals surface area contributed by atoms with Crippen molar-refractivity contribution in [2.45, 2.75) is 49.3 Å². The van der Waals surface area contributed by atoms with Gasteiger partial charge in [-0.15, -0.1) is 0 Å². The lowest BCUT2D eigenvalue weighted by molar-refractivity contribution is -0.220. The number of fused-ring (bicyclic) bond motifs is 2. The van der Waals surface area contributed by atoms with Gasteiger partial charge in [0.15, 0.2) is 17.6 Å². The molecule has 0 radical (unpaired) electrons. The molecule has 8 heteroatoms. The van der Waals surface area contributed by atoms with Gasteiger partial charge in [-0.25, -0.2) is 4.79 Å². The molecule has 8 nitrogen and oxygen atoms in total. The van der Waals surface area contributed by atoms with E-state index in [-0.39, 0.29) is 6.61 Å². The van der Waals surface area contributed by atoms with Crippen LogP contribution in [0.15, 0.2) is 91.0 Å². The number of benzene rings is 3. The van der Waals surface area contributed by atoms with E-state index in [1.807, 2.05) is 91.0 Å². The highest BCUT2D eigenvalue weighted by Crippen LogP contribution is 2.46. The molecule has 6 rings (SSSR count).